The number of nitrogens with two attached hydrogens (primary N) is 2. The third-order valence-corrected chi connectivity index (χ3v) is 7.01. The monoisotopic (exact) mass is 442 g/mol. The van der Waals surface area contributed by atoms with Gasteiger partial charge in [-0.1, -0.05) is 0 Å². The van der Waals surface area contributed by atoms with Gasteiger partial charge >= 0.3 is 0 Å². The van der Waals surface area contributed by atoms with E-state index in [1.807, 2.05) is 0 Å². The maximum atomic E-state index is 12.6. The Morgan fingerprint density at radius 1 is 0.656 bits per heavy atom. The summed E-state index contributed by atoms with van der Waals surface area (Å²) in [5, 5.41) is 7.45. The first-order valence-electron chi connectivity index (χ1n) is 11.8. The topological polar surface area (TPSA) is 110 Å². The zero-order valence-electron chi connectivity index (χ0n) is 21.1. The lowest BCUT2D eigenvalue weighted by Gasteiger charge is -2.50. The molecule has 0 aromatic heterocycles. The molecule has 2 heterocycles. The number of amides is 2. The summed E-state index contributed by atoms with van der Waals surface area (Å²) in [5.74, 6) is -0.698. The normalized spacial score (nSPS) is 24.8. The molecule has 1 aromatic carbocycles. The molecule has 178 valence electrons. The highest BCUT2D eigenvalue weighted by atomic mass is 16.1. The van der Waals surface area contributed by atoms with Crippen LogP contribution in [0.5, 0.6) is 0 Å². The Kier molecular flexibility index (Phi) is 6.06. The second-order valence-corrected chi connectivity index (χ2v) is 12.7. The Hall–Kier alpha value is -1.92. The Balaban J connectivity index is 2.29. The molecule has 0 bridgehead atoms. The molecule has 0 radical (unpaired) electrons. The first-order chi connectivity index (χ1) is 14.4. The van der Waals surface area contributed by atoms with Crippen LogP contribution in [0.15, 0.2) is 12.1 Å². The summed E-state index contributed by atoms with van der Waals surface area (Å²) in [4.78, 5) is 25.3. The van der Waals surface area contributed by atoms with E-state index in [1.54, 1.807) is 12.1 Å². The van der Waals surface area contributed by atoms with Crippen molar-refractivity contribution < 1.29 is 9.59 Å². The van der Waals surface area contributed by atoms with Gasteiger partial charge in [-0.2, -0.15) is 0 Å². The quantitative estimate of drug-likeness (QED) is 0.566. The van der Waals surface area contributed by atoms with E-state index < -0.39 is 11.8 Å². The van der Waals surface area contributed by atoms with E-state index >= 15 is 0 Å². The first-order valence-corrected chi connectivity index (χ1v) is 11.8. The van der Waals surface area contributed by atoms with Gasteiger partial charge in [0.05, 0.1) is 0 Å². The van der Waals surface area contributed by atoms with Crippen LogP contribution in [0.25, 0.3) is 0 Å². The first kappa shape index (κ1) is 24.7. The Labute approximate surface area is 193 Å². The molecule has 2 fully saturated rings. The molecule has 6 nitrogen and oxygen atoms in total. The molecule has 0 aliphatic carbocycles. The predicted molar refractivity (Wildman–Crippen MR) is 130 cm³/mol. The summed E-state index contributed by atoms with van der Waals surface area (Å²) in [7, 11) is 0. The van der Waals surface area contributed by atoms with E-state index in [-0.39, 0.29) is 34.0 Å². The highest BCUT2D eigenvalue weighted by Crippen LogP contribution is 2.48. The predicted octanol–water partition coefficient (Wildman–Crippen LogP) is 3.93. The van der Waals surface area contributed by atoms with Gasteiger partial charge in [-0.05, 0) is 116 Å². The van der Waals surface area contributed by atoms with Crippen molar-refractivity contribution in [2.75, 3.05) is 0 Å². The van der Waals surface area contributed by atoms with Crippen molar-refractivity contribution in [1.82, 2.24) is 10.6 Å². The molecule has 3 rings (SSSR count). The lowest BCUT2D eigenvalue weighted by atomic mass is 9.66. The van der Waals surface area contributed by atoms with Crippen LogP contribution in [0.3, 0.4) is 0 Å². The van der Waals surface area contributed by atoms with Gasteiger partial charge in [-0.15, -0.1) is 0 Å². The number of piperidine rings is 2. The molecule has 0 spiro atoms. The van der Waals surface area contributed by atoms with E-state index in [0.29, 0.717) is 11.1 Å². The molecular weight excluding hydrogens is 400 g/mol. The smallest absolute Gasteiger partial charge is 0.248 e. The molecule has 0 atom stereocenters. The van der Waals surface area contributed by atoms with Crippen molar-refractivity contribution in [3.63, 3.8) is 0 Å². The molecule has 32 heavy (non-hydrogen) atoms. The largest absolute Gasteiger partial charge is 0.366 e. The van der Waals surface area contributed by atoms with Gasteiger partial charge in [-0.25, -0.2) is 0 Å². The van der Waals surface area contributed by atoms with Crippen LogP contribution < -0.4 is 22.1 Å². The van der Waals surface area contributed by atoms with E-state index in [4.69, 9.17) is 11.5 Å². The minimum absolute atomic E-state index is 0.0964. The number of hydrogen-bond donors (Lipinski definition) is 4. The minimum Gasteiger partial charge on any atom is -0.366 e. The zero-order valence-corrected chi connectivity index (χ0v) is 21.1. The van der Waals surface area contributed by atoms with Crippen LogP contribution in [-0.2, 0) is 0 Å². The second-order valence-electron chi connectivity index (χ2n) is 12.7. The maximum Gasteiger partial charge on any atom is 0.248 e. The van der Waals surface area contributed by atoms with Crippen molar-refractivity contribution in [2.45, 2.75) is 115 Å². The van der Waals surface area contributed by atoms with Gasteiger partial charge in [0, 0.05) is 33.3 Å². The summed E-state index contributed by atoms with van der Waals surface area (Å²) in [6, 6.07) is 3.42. The van der Waals surface area contributed by atoms with Gasteiger partial charge in [0.25, 0.3) is 0 Å². The molecule has 2 aliphatic rings. The highest BCUT2D eigenvalue weighted by molar-refractivity contribution is 6.00. The number of benzene rings is 1. The summed E-state index contributed by atoms with van der Waals surface area (Å²) in [6.45, 7) is 17.5. The fourth-order valence-electron chi connectivity index (χ4n) is 7.00. The molecule has 6 heteroatoms. The summed E-state index contributed by atoms with van der Waals surface area (Å²) in [5.41, 5.74) is 14.3. The minimum atomic E-state index is -0.445. The van der Waals surface area contributed by atoms with E-state index in [2.05, 4.69) is 66.0 Å². The molecule has 6 N–H and O–H groups in total. The van der Waals surface area contributed by atoms with Gasteiger partial charge in [-0.3, -0.25) is 9.59 Å². The molecule has 2 saturated heterocycles. The molecule has 0 unspecified atom stereocenters. The fourth-order valence-corrected chi connectivity index (χ4v) is 7.00. The second kappa shape index (κ2) is 7.84. The summed E-state index contributed by atoms with van der Waals surface area (Å²) in [6.07, 6.45) is 3.40. The van der Waals surface area contributed by atoms with Crippen LogP contribution in [0, 0.1) is 0 Å². The SMILES string of the molecule is CC1(C)CC(c2c(C(N)=O)ccc(C(N)=O)c2C2CC(C)(C)NC(C)(C)C2)CC(C)(C)N1. The highest BCUT2D eigenvalue weighted by Gasteiger charge is 2.44. The standard InChI is InChI=1S/C26H42N4O2/c1-23(2)11-15(12-24(3,4)29-23)19-17(21(27)31)9-10-18(22(28)32)20(19)16-13-25(5,6)30-26(7,8)14-16/h9-10,15-16,29-30H,11-14H2,1-8H3,(H2,27,31)(H2,28,32). The number of carbonyl (C=O) groups is 2. The molecule has 2 aliphatic heterocycles. The number of nitrogens with one attached hydrogen (secondary N) is 2. The van der Waals surface area contributed by atoms with Crippen molar-refractivity contribution in [2.24, 2.45) is 11.5 Å². The Morgan fingerprint density at radius 2 is 0.906 bits per heavy atom. The summed E-state index contributed by atoms with van der Waals surface area (Å²) < 4.78 is 0. The van der Waals surface area contributed by atoms with Crippen LogP contribution in [0.2, 0.25) is 0 Å². The van der Waals surface area contributed by atoms with Crippen LogP contribution in [-0.4, -0.2) is 34.0 Å². The lowest BCUT2D eigenvalue weighted by Crippen LogP contribution is -2.58. The van der Waals surface area contributed by atoms with Crippen molar-refractivity contribution in [1.29, 1.82) is 0 Å². The van der Waals surface area contributed by atoms with Gasteiger partial charge < -0.3 is 22.1 Å². The van der Waals surface area contributed by atoms with E-state index in [1.165, 1.54) is 0 Å². The van der Waals surface area contributed by atoms with Crippen molar-refractivity contribution in [3.8, 4) is 0 Å². The number of rotatable bonds is 4. The fraction of sp³-hybridized carbons (Fsp3) is 0.692. The van der Waals surface area contributed by atoms with Crippen molar-refractivity contribution >= 4 is 11.8 Å². The molecule has 2 amide bonds. The maximum absolute atomic E-state index is 12.6. The van der Waals surface area contributed by atoms with Crippen LogP contribution in [0.4, 0.5) is 0 Å². The number of carbonyl (C=O) groups excluding carboxylic acids is 2. The third kappa shape index (κ3) is 5.18. The average Bonchev–Trinajstić information content (AvgIpc) is 2.54. The zero-order chi connectivity index (χ0) is 24.3. The van der Waals surface area contributed by atoms with Gasteiger partial charge in [0.15, 0.2) is 0 Å². The van der Waals surface area contributed by atoms with Gasteiger partial charge in [0.2, 0.25) is 11.8 Å². The number of primary amides is 2. The van der Waals surface area contributed by atoms with Crippen LogP contribution in [0.1, 0.15) is 125 Å². The van der Waals surface area contributed by atoms with E-state index in [9.17, 15) is 9.59 Å². The van der Waals surface area contributed by atoms with Gasteiger partial charge in [0.1, 0.15) is 0 Å². The summed E-state index contributed by atoms with van der Waals surface area (Å²) >= 11 is 0. The Bertz CT molecular complexity index is 823. The molecule has 0 saturated carbocycles. The lowest BCUT2D eigenvalue weighted by molar-refractivity contribution is 0.0981. The number of hydrogen-bond acceptors (Lipinski definition) is 4. The van der Waals surface area contributed by atoms with Crippen LogP contribution >= 0.6 is 0 Å². The average molecular weight is 443 g/mol. The Morgan fingerprint density at radius 3 is 1.12 bits per heavy atom. The third-order valence-electron chi connectivity index (χ3n) is 7.01. The van der Waals surface area contributed by atoms with E-state index in [0.717, 1.165) is 36.8 Å². The molecule has 1 aromatic rings. The van der Waals surface area contributed by atoms with Crippen molar-refractivity contribution in [3.05, 3.63) is 34.4 Å². The molecular formula is C26H42N4O2.